The fraction of sp³-hybridized carbons (Fsp3) is 0.636. The van der Waals surface area contributed by atoms with Gasteiger partial charge in [0.2, 0.25) is 0 Å². The summed E-state index contributed by atoms with van der Waals surface area (Å²) in [7, 11) is 0. The molecular formula is C11H15NOS. The van der Waals surface area contributed by atoms with E-state index < -0.39 is 0 Å². The third-order valence-corrected chi connectivity index (χ3v) is 3.76. The molecule has 0 amide bonds. The van der Waals surface area contributed by atoms with Crippen molar-refractivity contribution in [3.8, 4) is 0 Å². The summed E-state index contributed by atoms with van der Waals surface area (Å²) in [6, 6.07) is 0. The number of nitrogens with zero attached hydrogens (tertiary/aromatic N) is 1. The van der Waals surface area contributed by atoms with E-state index in [1.165, 1.54) is 0 Å². The minimum atomic E-state index is 0.434. The molecule has 1 heterocycles. The number of carbonyl (C=O) groups excluding carboxylic acids is 1. The second kappa shape index (κ2) is 4.22. The number of thiazole rings is 1. The number of carbonyl (C=O) groups is 1. The molecule has 2 unspecified atom stereocenters. The Labute approximate surface area is 88.4 Å². The summed E-state index contributed by atoms with van der Waals surface area (Å²) in [5, 5.41) is 2.09. The van der Waals surface area contributed by atoms with E-state index in [1.54, 1.807) is 11.3 Å². The number of hydrogen-bond acceptors (Lipinski definition) is 3. The zero-order valence-electron chi connectivity index (χ0n) is 8.40. The molecule has 1 aromatic heterocycles. The molecule has 0 N–H and O–H groups in total. The van der Waals surface area contributed by atoms with Crippen LogP contribution < -0.4 is 0 Å². The molecule has 0 aromatic carbocycles. The zero-order chi connectivity index (χ0) is 9.97. The van der Waals surface area contributed by atoms with Gasteiger partial charge in [-0.05, 0) is 24.7 Å². The number of Topliss-reactive ketones (excluding diaryl/α,β-unsaturated/α-hetero) is 1. The first kappa shape index (κ1) is 9.84. The summed E-state index contributed by atoms with van der Waals surface area (Å²) in [6.45, 7) is 2.25. The van der Waals surface area contributed by atoms with Gasteiger partial charge in [-0.1, -0.05) is 6.92 Å². The largest absolute Gasteiger partial charge is 0.300 e. The van der Waals surface area contributed by atoms with E-state index in [0.717, 1.165) is 31.4 Å². The highest BCUT2D eigenvalue weighted by Gasteiger charge is 2.26. The lowest BCUT2D eigenvalue weighted by Gasteiger charge is -2.27. The first-order valence-electron chi connectivity index (χ1n) is 5.14. The number of hydrogen-bond donors (Lipinski definition) is 0. The van der Waals surface area contributed by atoms with E-state index in [9.17, 15) is 4.79 Å². The van der Waals surface area contributed by atoms with Gasteiger partial charge in [0.05, 0.1) is 11.2 Å². The minimum Gasteiger partial charge on any atom is -0.300 e. The summed E-state index contributed by atoms with van der Waals surface area (Å²) in [5.41, 5.74) is 3.02. The van der Waals surface area contributed by atoms with Gasteiger partial charge in [0.1, 0.15) is 5.78 Å². The average molecular weight is 209 g/mol. The maximum absolute atomic E-state index is 11.3. The molecule has 0 bridgehead atoms. The van der Waals surface area contributed by atoms with Gasteiger partial charge in [-0.2, -0.15) is 0 Å². The Balaban J connectivity index is 1.99. The lowest BCUT2D eigenvalue weighted by Crippen LogP contribution is -2.24. The maximum Gasteiger partial charge on any atom is 0.133 e. The molecule has 3 heteroatoms. The lowest BCUT2D eigenvalue weighted by atomic mass is 9.77. The Kier molecular flexibility index (Phi) is 2.96. The average Bonchev–Trinajstić information content (AvgIpc) is 2.64. The Morgan fingerprint density at radius 1 is 1.64 bits per heavy atom. The van der Waals surface area contributed by atoms with Crippen LogP contribution >= 0.6 is 11.3 Å². The molecule has 0 radical (unpaired) electrons. The second-order valence-corrected chi connectivity index (χ2v) is 4.92. The molecular weight excluding hydrogens is 194 g/mol. The van der Waals surface area contributed by atoms with E-state index in [4.69, 9.17) is 0 Å². The summed E-state index contributed by atoms with van der Waals surface area (Å²) < 4.78 is 0. The van der Waals surface area contributed by atoms with Crippen molar-refractivity contribution in [3.05, 3.63) is 16.6 Å². The van der Waals surface area contributed by atoms with Crippen molar-refractivity contribution in [1.29, 1.82) is 0 Å². The van der Waals surface area contributed by atoms with Crippen LogP contribution in [0.4, 0.5) is 0 Å². The van der Waals surface area contributed by atoms with Crippen LogP contribution in [0.15, 0.2) is 10.9 Å². The third kappa shape index (κ3) is 2.21. The number of ketones is 1. The first-order valence-corrected chi connectivity index (χ1v) is 6.08. The van der Waals surface area contributed by atoms with Crippen LogP contribution in [0, 0.1) is 11.8 Å². The van der Waals surface area contributed by atoms with Gasteiger partial charge in [-0.3, -0.25) is 4.79 Å². The summed E-state index contributed by atoms with van der Waals surface area (Å²) >= 11 is 1.63. The Morgan fingerprint density at radius 3 is 3.21 bits per heavy atom. The quantitative estimate of drug-likeness (QED) is 0.749. The minimum absolute atomic E-state index is 0.434. The van der Waals surface area contributed by atoms with Gasteiger partial charge < -0.3 is 0 Å². The molecule has 1 aromatic rings. The van der Waals surface area contributed by atoms with Crippen LogP contribution in [-0.4, -0.2) is 10.8 Å². The van der Waals surface area contributed by atoms with E-state index in [-0.39, 0.29) is 0 Å². The SMILES string of the molecule is CC1CCC(=O)CC1Cc1cscn1. The van der Waals surface area contributed by atoms with Crippen LogP contribution in [0.3, 0.4) is 0 Å². The fourth-order valence-corrected chi connectivity index (χ4v) is 2.67. The molecule has 1 saturated carbocycles. The van der Waals surface area contributed by atoms with Crippen molar-refractivity contribution in [3.63, 3.8) is 0 Å². The van der Waals surface area contributed by atoms with Gasteiger partial charge in [-0.25, -0.2) is 4.98 Å². The molecule has 76 valence electrons. The highest BCUT2D eigenvalue weighted by atomic mass is 32.1. The third-order valence-electron chi connectivity index (χ3n) is 3.13. The van der Waals surface area contributed by atoms with E-state index in [2.05, 4.69) is 17.3 Å². The molecule has 2 atom stereocenters. The van der Waals surface area contributed by atoms with E-state index in [1.807, 2.05) is 5.51 Å². The van der Waals surface area contributed by atoms with Crippen LogP contribution in [0.1, 0.15) is 31.9 Å². The lowest BCUT2D eigenvalue weighted by molar-refractivity contribution is -0.122. The van der Waals surface area contributed by atoms with E-state index in [0.29, 0.717) is 17.6 Å². The van der Waals surface area contributed by atoms with Gasteiger partial charge in [0, 0.05) is 18.2 Å². The normalized spacial score (nSPS) is 27.9. The van der Waals surface area contributed by atoms with Crippen molar-refractivity contribution >= 4 is 17.1 Å². The van der Waals surface area contributed by atoms with Crippen molar-refractivity contribution < 1.29 is 4.79 Å². The van der Waals surface area contributed by atoms with Crippen LogP contribution in [0.25, 0.3) is 0 Å². The maximum atomic E-state index is 11.3. The Hall–Kier alpha value is -0.700. The molecule has 1 aliphatic rings. The molecule has 2 rings (SSSR count). The van der Waals surface area contributed by atoms with Crippen molar-refractivity contribution in [2.45, 2.75) is 32.6 Å². The monoisotopic (exact) mass is 209 g/mol. The van der Waals surface area contributed by atoms with Crippen LogP contribution in [0.5, 0.6) is 0 Å². The summed E-state index contributed by atoms with van der Waals surface area (Å²) in [4.78, 5) is 15.6. The van der Waals surface area contributed by atoms with Crippen molar-refractivity contribution in [1.82, 2.24) is 4.98 Å². The van der Waals surface area contributed by atoms with Crippen LogP contribution in [0.2, 0.25) is 0 Å². The van der Waals surface area contributed by atoms with Gasteiger partial charge >= 0.3 is 0 Å². The number of rotatable bonds is 2. The highest BCUT2D eigenvalue weighted by Crippen LogP contribution is 2.30. The van der Waals surface area contributed by atoms with Gasteiger partial charge in [0.15, 0.2) is 0 Å². The molecule has 0 aliphatic heterocycles. The summed E-state index contributed by atoms with van der Waals surface area (Å²) in [5.74, 6) is 1.64. The molecule has 14 heavy (non-hydrogen) atoms. The smallest absolute Gasteiger partial charge is 0.133 e. The predicted octanol–water partition coefficient (Wildman–Crippen LogP) is 2.69. The summed E-state index contributed by atoms with van der Waals surface area (Å²) in [6.07, 6.45) is 3.59. The fourth-order valence-electron chi connectivity index (χ4n) is 2.10. The molecule has 1 fully saturated rings. The van der Waals surface area contributed by atoms with Gasteiger partial charge in [-0.15, -0.1) is 11.3 Å². The topological polar surface area (TPSA) is 30.0 Å². The Morgan fingerprint density at radius 2 is 2.50 bits per heavy atom. The standard InChI is InChI=1S/C11H15NOS/c1-8-2-3-11(13)5-9(8)4-10-6-14-7-12-10/h6-9H,2-5H2,1H3. The van der Waals surface area contributed by atoms with E-state index >= 15 is 0 Å². The molecule has 1 aliphatic carbocycles. The number of aromatic nitrogens is 1. The second-order valence-electron chi connectivity index (χ2n) is 4.20. The molecule has 0 saturated heterocycles. The van der Waals surface area contributed by atoms with Crippen molar-refractivity contribution in [2.24, 2.45) is 11.8 Å². The first-order chi connectivity index (χ1) is 6.75. The predicted molar refractivity (Wildman–Crippen MR) is 57.3 cm³/mol. The van der Waals surface area contributed by atoms with Crippen molar-refractivity contribution in [2.75, 3.05) is 0 Å². The Bertz CT molecular complexity index is 307. The zero-order valence-corrected chi connectivity index (χ0v) is 9.22. The van der Waals surface area contributed by atoms with Crippen LogP contribution in [-0.2, 0) is 11.2 Å². The highest BCUT2D eigenvalue weighted by molar-refractivity contribution is 7.07. The molecule has 0 spiro atoms. The van der Waals surface area contributed by atoms with Gasteiger partial charge in [0.25, 0.3) is 0 Å². The molecule has 2 nitrogen and oxygen atoms in total.